The van der Waals surface area contributed by atoms with Crippen LogP contribution < -0.4 is 10.6 Å². The fraction of sp³-hybridized carbons (Fsp3) is 0.375. The number of hydrogen-bond acceptors (Lipinski definition) is 4. The molecule has 0 aromatic carbocycles. The Hall–Kier alpha value is -1.18. The molecule has 2 N–H and O–H groups in total. The fourth-order valence-electron chi connectivity index (χ4n) is 2.82. The first kappa shape index (κ1) is 15.4. The molecule has 120 valence electrons. The standard InChI is InChI=1S/C16H15BrN2O2S2/c17-12-6-8(7-22-12)14(20)19-16-13(15(21)18-9-4-5-9)10-2-1-3-11(10)23-16/h6-7,9H,1-5H2,(H,18,21)(H,19,20). The highest BCUT2D eigenvalue weighted by atomic mass is 79.9. The number of carbonyl (C=O) groups is 2. The molecular formula is C16H15BrN2O2S2. The lowest BCUT2D eigenvalue weighted by Crippen LogP contribution is -2.27. The summed E-state index contributed by atoms with van der Waals surface area (Å²) in [5, 5.41) is 8.51. The van der Waals surface area contributed by atoms with Gasteiger partial charge in [0.2, 0.25) is 0 Å². The van der Waals surface area contributed by atoms with E-state index in [4.69, 9.17) is 0 Å². The second kappa shape index (κ2) is 6.03. The van der Waals surface area contributed by atoms with Gasteiger partial charge in [-0.15, -0.1) is 22.7 Å². The van der Waals surface area contributed by atoms with Crippen molar-refractivity contribution in [3.63, 3.8) is 0 Å². The van der Waals surface area contributed by atoms with Crippen LogP contribution in [0.25, 0.3) is 0 Å². The predicted molar refractivity (Wildman–Crippen MR) is 96.8 cm³/mol. The predicted octanol–water partition coefficient (Wildman–Crippen LogP) is 4.21. The molecule has 2 aliphatic rings. The average molecular weight is 411 g/mol. The molecule has 1 fully saturated rings. The Morgan fingerprint density at radius 1 is 1.22 bits per heavy atom. The van der Waals surface area contributed by atoms with E-state index in [2.05, 4.69) is 26.6 Å². The molecule has 7 heteroatoms. The van der Waals surface area contributed by atoms with Crippen molar-refractivity contribution >= 4 is 55.4 Å². The SMILES string of the molecule is O=C(Nc1sc2c(c1C(=O)NC1CC1)CCC2)c1csc(Br)c1. The Morgan fingerprint density at radius 3 is 2.74 bits per heavy atom. The number of rotatable bonds is 4. The van der Waals surface area contributed by atoms with Gasteiger partial charge >= 0.3 is 0 Å². The van der Waals surface area contributed by atoms with E-state index in [9.17, 15) is 9.59 Å². The number of aryl methyl sites for hydroxylation is 1. The maximum absolute atomic E-state index is 12.6. The van der Waals surface area contributed by atoms with Gasteiger partial charge in [-0.3, -0.25) is 9.59 Å². The molecule has 2 aromatic heterocycles. The maximum atomic E-state index is 12.6. The molecule has 0 atom stereocenters. The first-order valence-electron chi connectivity index (χ1n) is 7.62. The minimum Gasteiger partial charge on any atom is -0.349 e. The molecule has 2 heterocycles. The highest BCUT2D eigenvalue weighted by Gasteiger charge is 2.31. The minimum absolute atomic E-state index is 0.0336. The van der Waals surface area contributed by atoms with Crippen LogP contribution in [-0.4, -0.2) is 17.9 Å². The summed E-state index contributed by atoms with van der Waals surface area (Å²) in [6.07, 6.45) is 5.14. The highest BCUT2D eigenvalue weighted by molar-refractivity contribution is 9.11. The van der Waals surface area contributed by atoms with Gasteiger partial charge in [0.25, 0.3) is 11.8 Å². The van der Waals surface area contributed by atoms with Crippen LogP contribution in [0.1, 0.15) is 50.4 Å². The van der Waals surface area contributed by atoms with Gasteiger partial charge < -0.3 is 10.6 Å². The van der Waals surface area contributed by atoms with Crippen LogP contribution in [0.3, 0.4) is 0 Å². The smallest absolute Gasteiger partial charge is 0.257 e. The van der Waals surface area contributed by atoms with E-state index in [1.165, 1.54) is 16.2 Å². The van der Waals surface area contributed by atoms with Crippen molar-refractivity contribution in [3.8, 4) is 0 Å². The van der Waals surface area contributed by atoms with E-state index in [0.717, 1.165) is 41.5 Å². The number of carbonyl (C=O) groups excluding carboxylic acids is 2. The van der Waals surface area contributed by atoms with Crippen molar-refractivity contribution in [2.75, 3.05) is 5.32 Å². The van der Waals surface area contributed by atoms with Crippen molar-refractivity contribution in [3.05, 3.63) is 36.8 Å². The molecule has 2 aromatic rings. The Morgan fingerprint density at radius 2 is 2.04 bits per heavy atom. The molecule has 0 radical (unpaired) electrons. The van der Waals surface area contributed by atoms with E-state index < -0.39 is 0 Å². The molecule has 2 aliphatic carbocycles. The molecule has 0 bridgehead atoms. The zero-order valence-corrected chi connectivity index (χ0v) is 15.5. The molecule has 4 rings (SSSR count). The van der Waals surface area contributed by atoms with Crippen LogP contribution in [0, 0.1) is 0 Å². The monoisotopic (exact) mass is 410 g/mol. The van der Waals surface area contributed by atoms with E-state index >= 15 is 0 Å². The van der Waals surface area contributed by atoms with Crippen LogP contribution in [0.15, 0.2) is 15.2 Å². The third kappa shape index (κ3) is 3.09. The number of nitrogens with one attached hydrogen (secondary N) is 2. The molecule has 0 saturated heterocycles. The normalized spacial score (nSPS) is 16.2. The maximum Gasteiger partial charge on any atom is 0.257 e. The first-order chi connectivity index (χ1) is 11.1. The van der Waals surface area contributed by atoms with Gasteiger partial charge in [0.1, 0.15) is 5.00 Å². The summed E-state index contributed by atoms with van der Waals surface area (Å²) in [6, 6.07) is 2.11. The third-order valence-electron chi connectivity index (χ3n) is 4.12. The zero-order chi connectivity index (χ0) is 16.0. The number of anilines is 1. The molecule has 4 nitrogen and oxygen atoms in total. The van der Waals surface area contributed by atoms with E-state index in [1.807, 2.05) is 5.38 Å². The second-order valence-corrected chi connectivity index (χ2v) is 9.30. The van der Waals surface area contributed by atoms with E-state index in [0.29, 0.717) is 22.2 Å². The van der Waals surface area contributed by atoms with Crippen LogP contribution in [0.4, 0.5) is 5.00 Å². The molecular weight excluding hydrogens is 396 g/mol. The molecule has 0 spiro atoms. The topological polar surface area (TPSA) is 58.2 Å². The summed E-state index contributed by atoms with van der Waals surface area (Å²) in [5.41, 5.74) is 2.44. The van der Waals surface area contributed by atoms with Crippen molar-refractivity contribution in [1.29, 1.82) is 0 Å². The quantitative estimate of drug-likeness (QED) is 0.792. The number of halogens is 1. The molecule has 23 heavy (non-hydrogen) atoms. The van der Waals surface area contributed by atoms with Crippen molar-refractivity contribution in [1.82, 2.24) is 5.32 Å². The number of thiophene rings is 2. The Kier molecular flexibility index (Phi) is 4.03. The lowest BCUT2D eigenvalue weighted by atomic mass is 10.1. The molecule has 1 saturated carbocycles. The van der Waals surface area contributed by atoms with Crippen LogP contribution >= 0.6 is 38.6 Å². The molecule has 0 aliphatic heterocycles. The lowest BCUT2D eigenvalue weighted by Gasteiger charge is -2.08. The van der Waals surface area contributed by atoms with Crippen LogP contribution in [0.5, 0.6) is 0 Å². The van der Waals surface area contributed by atoms with Crippen LogP contribution in [-0.2, 0) is 12.8 Å². The third-order valence-corrected chi connectivity index (χ3v) is 6.83. The van der Waals surface area contributed by atoms with Gasteiger partial charge in [-0.2, -0.15) is 0 Å². The van der Waals surface area contributed by atoms with Crippen LogP contribution in [0.2, 0.25) is 0 Å². The van der Waals surface area contributed by atoms with Crippen molar-refractivity contribution in [2.24, 2.45) is 0 Å². The number of hydrogen-bond donors (Lipinski definition) is 2. The van der Waals surface area contributed by atoms with Gasteiger partial charge in [-0.1, -0.05) is 0 Å². The first-order valence-corrected chi connectivity index (χ1v) is 10.1. The number of amides is 2. The zero-order valence-electron chi connectivity index (χ0n) is 12.3. The van der Waals surface area contributed by atoms with Gasteiger partial charge in [0, 0.05) is 16.3 Å². The summed E-state index contributed by atoms with van der Waals surface area (Å²) in [5.74, 6) is -0.193. The second-order valence-electron chi connectivity index (χ2n) is 5.90. The number of fused-ring (bicyclic) bond motifs is 1. The van der Waals surface area contributed by atoms with Gasteiger partial charge in [-0.05, 0) is 59.7 Å². The molecule has 2 amide bonds. The summed E-state index contributed by atoms with van der Waals surface area (Å²) < 4.78 is 0.919. The van der Waals surface area contributed by atoms with E-state index in [1.54, 1.807) is 17.4 Å². The summed E-state index contributed by atoms with van der Waals surface area (Å²) in [7, 11) is 0. The fourth-order valence-corrected chi connectivity index (χ4v) is 5.24. The minimum atomic E-state index is -0.160. The van der Waals surface area contributed by atoms with Gasteiger partial charge in [-0.25, -0.2) is 0 Å². The Bertz CT molecular complexity index is 792. The van der Waals surface area contributed by atoms with Gasteiger partial charge in [0.05, 0.1) is 14.9 Å². The molecule has 0 unspecified atom stereocenters. The van der Waals surface area contributed by atoms with Crippen molar-refractivity contribution < 1.29 is 9.59 Å². The summed E-state index contributed by atoms with van der Waals surface area (Å²) in [6.45, 7) is 0. The van der Waals surface area contributed by atoms with E-state index in [-0.39, 0.29) is 11.8 Å². The summed E-state index contributed by atoms with van der Waals surface area (Å²) in [4.78, 5) is 26.3. The summed E-state index contributed by atoms with van der Waals surface area (Å²) >= 11 is 6.40. The van der Waals surface area contributed by atoms with Crippen molar-refractivity contribution in [2.45, 2.75) is 38.1 Å². The van der Waals surface area contributed by atoms with Gasteiger partial charge in [0.15, 0.2) is 0 Å². The lowest BCUT2D eigenvalue weighted by molar-refractivity contribution is 0.0951. The Balaban J connectivity index is 1.62. The largest absolute Gasteiger partial charge is 0.349 e. The Labute approximate surface area is 150 Å². The average Bonchev–Trinajstić information content (AvgIpc) is 2.91. The highest BCUT2D eigenvalue weighted by Crippen LogP contribution is 2.39.